The molecule has 0 fully saturated rings. The van der Waals surface area contributed by atoms with Crippen molar-refractivity contribution in [3.05, 3.63) is 34.3 Å². The molecule has 0 aliphatic heterocycles. The predicted octanol–water partition coefficient (Wildman–Crippen LogP) is 2.54. The van der Waals surface area contributed by atoms with Crippen LogP contribution in [-0.2, 0) is 0 Å². The lowest BCUT2D eigenvalue weighted by atomic mass is 9.99. The van der Waals surface area contributed by atoms with Crippen LogP contribution < -0.4 is 5.32 Å². The van der Waals surface area contributed by atoms with E-state index in [2.05, 4.69) is 5.32 Å². The second kappa shape index (κ2) is 5.52. The van der Waals surface area contributed by atoms with E-state index in [1.54, 1.807) is 18.2 Å². The van der Waals surface area contributed by atoms with E-state index < -0.39 is 5.54 Å². The van der Waals surface area contributed by atoms with Crippen molar-refractivity contribution in [1.82, 2.24) is 5.32 Å². The number of aliphatic hydroxyl groups is 1. The fourth-order valence-electron chi connectivity index (χ4n) is 1.42. The van der Waals surface area contributed by atoms with E-state index in [-0.39, 0.29) is 12.5 Å². The first-order chi connectivity index (χ1) is 7.91. The van der Waals surface area contributed by atoms with Gasteiger partial charge in [0.15, 0.2) is 0 Å². The van der Waals surface area contributed by atoms with Gasteiger partial charge in [-0.3, -0.25) is 4.79 Å². The van der Waals surface area contributed by atoms with Crippen LogP contribution in [0.2, 0.25) is 5.02 Å². The van der Waals surface area contributed by atoms with Gasteiger partial charge in [-0.2, -0.15) is 0 Å². The Labute approximate surface area is 107 Å². The zero-order valence-corrected chi connectivity index (χ0v) is 11.1. The normalized spacial score (nSPS) is 14.2. The first-order valence-electron chi connectivity index (χ1n) is 5.61. The number of benzene rings is 1. The van der Waals surface area contributed by atoms with Gasteiger partial charge in [-0.1, -0.05) is 24.6 Å². The van der Waals surface area contributed by atoms with Gasteiger partial charge in [-0.25, -0.2) is 0 Å². The van der Waals surface area contributed by atoms with E-state index in [1.165, 1.54) is 0 Å². The maximum absolute atomic E-state index is 12.1. The van der Waals surface area contributed by atoms with Gasteiger partial charge in [0, 0.05) is 10.6 Å². The molecule has 1 unspecified atom stereocenters. The Hall–Kier alpha value is -1.06. The smallest absolute Gasteiger partial charge is 0.252 e. The highest BCUT2D eigenvalue weighted by molar-refractivity contribution is 6.31. The second-order valence-corrected chi connectivity index (χ2v) is 4.92. The first-order valence-corrected chi connectivity index (χ1v) is 5.99. The summed E-state index contributed by atoms with van der Waals surface area (Å²) in [5.74, 6) is -0.205. The van der Waals surface area contributed by atoms with Crippen molar-refractivity contribution in [2.45, 2.75) is 32.7 Å². The first kappa shape index (κ1) is 14.0. The number of aryl methyl sites for hydroxylation is 1. The van der Waals surface area contributed by atoms with Crippen LogP contribution in [0.4, 0.5) is 0 Å². The molecule has 0 aliphatic carbocycles. The fourth-order valence-corrected chi connectivity index (χ4v) is 1.59. The third-order valence-corrected chi connectivity index (χ3v) is 3.22. The molecular formula is C13H18ClNO2. The maximum atomic E-state index is 12.1. The number of carbonyl (C=O) groups excluding carboxylic acids is 1. The van der Waals surface area contributed by atoms with E-state index in [9.17, 15) is 9.90 Å². The Morgan fingerprint density at radius 1 is 1.53 bits per heavy atom. The van der Waals surface area contributed by atoms with Crippen molar-refractivity contribution in [3.8, 4) is 0 Å². The number of hydrogen-bond acceptors (Lipinski definition) is 2. The summed E-state index contributed by atoms with van der Waals surface area (Å²) in [6.45, 7) is 5.49. The van der Waals surface area contributed by atoms with E-state index in [1.807, 2.05) is 20.8 Å². The SMILES string of the molecule is CCC(C)(CO)NC(=O)c1cc(Cl)ccc1C. The van der Waals surface area contributed by atoms with E-state index in [4.69, 9.17) is 11.6 Å². The van der Waals surface area contributed by atoms with Crippen LogP contribution in [0, 0.1) is 6.92 Å². The van der Waals surface area contributed by atoms with Crippen molar-refractivity contribution >= 4 is 17.5 Å². The minimum atomic E-state index is -0.591. The number of hydrogen-bond donors (Lipinski definition) is 2. The molecule has 94 valence electrons. The summed E-state index contributed by atoms with van der Waals surface area (Å²) in [5, 5.41) is 12.6. The average molecular weight is 256 g/mol. The highest BCUT2D eigenvalue weighted by Gasteiger charge is 2.24. The van der Waals surface area contributed by atoms with Crippen molar-refractivity contribution < 1.29 is 9.90 Å². The van der Waals surface area contributed by atoms with Crippen LogP contribution >= 0.6 is 11.6 Å². The van der Waals surface area contributed by atoms with Gasteiger partial charge in [0.1, 0.15) is 0 Å². The summed E-state index contributed by atoms with van der Waals surface area (Å²) in [4.78, 5) is 12.1. The number of aliphatic hydroxyl groups excluding tert-OH is 1. The summed E-state index contributed by atoms with van der Waals surface area (Å²) >= 11 is 5.87. The molecule has 1 rings (SSSR count). The van der Waals surface area contributed by atoms with Gasteiger partial charge in [-0.05, 0) is 38.0 Å². The minimum absolute atomic E-state index is 0.0884. The van der Waals surface area contributed by atoms with Crippen molar-refractivity contribution in [1.29, 1.82) is 0 Å². The predicted molar refractivity (Wildman–Crippen MR) is 69.4 cm³/mol. The largest absolute Gasteiger partial charge is 0.394 e. The highest BCUT2D eigenvalue weighted by atomic mass is 35.5. The Morgan fingerprint density at radius 2 is 2.18 bits per heavy atom. The lowest BCUT2D eigenvalue weighted by Gasteiger charge is -2.27. The van der Waals surface area contributed by atoms with Crippen molar-refractivity contribution in [2.24, 2.45) is 0 Å². The molecule has 0 bridgehead atoms. The minimum Gasteiger partial charge on any atom is -0.394 e. The Kier molecular flexibility index (Phi) is 4.54. The van der Waals surface area contributed by atoms with E-state index in [0.717, 1.165) is 5.56 Å². The number of amides is 1. The summed E-state index contributed by atoms with van der Waals surface area (Å²) < 4.78 is 0. The van der Waals surface area contributed by atoms with Crippen LogP contribution in [0.5, 0.6) is 0 Å². The molecule has 0 spiro atoms. The third kappa shape index (κ3) is 3.45. The number of rotatable bonds is 4. The maximum Gasteiger partial charge on any atom is 0.252 e. The quantitative estimate of drug-likeness (QED) is 0.869. The lowest BCUT2D eigenvalue weighted by Crippen LogP contribution is -2.48. The van der Waals surface area contributed by atoms with Crippen molar-refractivity contribution in [3.63, 3.8) is 0 Å². The van der Waals surface area contributed by atoms with Gasteiger partial charge in [0.05, 0.1) is 12.1 Å². The molecule has 1 aromatic carbocycles. The Bertz CT molecular complexity index is 414. The molecule has 0 saturated heterocycles. The second-order valence-electron chi connectivity index (χ2n) is 4.49. The molecule has 0 heterocycles. The molecular weight excluding hydrogens is 238 g/mol. The van der Waals surface area contributed by atoms with Crippen LogP contribution in [0.3, 0.4) is 0 Å². The summed E-state index contributed by atoms with van der Waals surface area (Å²) in [6.07, 6.45) is 0.662. The molecule has 1 amide bonds. The number of halogens is 1. The summed E-state index contributed by atoms with van der Waals surface area (Å²) in [6, 6.07) is 5.19. The van der Waals surface area contributed by atoms with Gasteiger partial charge >= 0.3 is 0 Å². The molecule has 1 aromatic rings. The third-order valence-electron chi connectivity index (χ3n) is 2.99. The Balaban J connectivity index is 2.94. The van der Waals surface area contributed by atoms with E-state index >= 15 is 0 Å². The van der Waals surface area contributed by atoms with Gasteiger partial charge in [-0.15, -0.1) is 0 Å². The molecule has 0 radical (unpaired) electrons. The molecule has 0 aliphatic rings. The topological polar surface area (TPSA) is 49.3 Å². The molecule has 17 heavy (non-hydrogen) atoms. The molecule has 1 atom stereocenters. The molecule has 3 nitrogen and oxygen atoms in total. The Morgan fingerprint density at radius 3 is 2.71 bits per heavy atom. The monoisotopic (exact) mass is 255 g/mol. The number of carbonyl (C=O) groups is 1. The van der Waals surface area contributed by atoms with Gasteiger partial charge in [0.2, 0.25) is 0 Å². The molecule has 2 N–H and O–H groups in total. The fraction of sp³-hybridized carbons (Fsp3) is 0.462. The summed E-state index contributed by atoms with van der Waals surface area (Å²) in [7, 11) is 0. The van der Waals surface area contributed by atoms with Gasteiger partial charge < -0.3 is 10.4 Å². The zero-order valence-electron chi connectivity index (χ0n) is 10.4. The molecule has 4 heteroatoms. The zero-order chi connectivity index (χ0) is 13.1. The molecule has 0 saturated carbocycles. The van der Waals surface area contributed by atoms with Crippen LogP contribution in [0.25, 0.3) is 0 Å². The van der Waals surface area contributed by atoms with Crippen LogP contribution in [0.15, 0.2) is 18.2 Å². The standard InChI is InChI=1S/C13H18ClNO2/c1-4-13(3,8-16)15-12(17)11-7-10(14)6-5-9(11)2/h5-7,16H,4,8H2,1-3H3,(H,15,17). The highest BCUT2D eigenvalue weighted by Crippen LogP contribution is 2.17. The van der Waals surface area contributed by atoms with Crippen molar-refractivity contribution in [2.75, 3.05) is 6.61 Å². The van der Waals surface area contributed by atoms with Crippen LogP contribution in [0.1, 0.15) is 36.2 Å². The van der Waals surface area contributed by atoms with Gasteiger partial charge in [0.25, 0.3) is 5.91 Å². The molecule has 0 aromatic heterocycles. The number of nitrogens with one attached hydrogen (secondary N) is 1. The van der Waals surface area contributed by atoms with E-state index in [0.29, 0.717) is 17.0 Å². The van der Waals surface area contributed by atoms with Crippen LogP contribution in [-0.4, -0.2) is 23.2 Å². The average Bonchev–Trinajstić information content (AvgIpc) is 2.32. The lowest BCUT2D eigenvalue weighted by molar-refractivity contribution is 0.0847. The summed E-state index contributed by atoms with van der Waals surface area (Å²) in [5.41, 5.74) is 0.820.